The predicted octanol–water partition coefficient (Wildman–Crippen LogP) is 1.88. The first-order chi connectivity index (χ1) is 4.59. The molecule has 0 fully saturated rings. The van der Waals surface area contributed by atoms with E-state index < -0.39 is 5.97 Å². The second kappa shape index (κ2) is 4.09. The number of carboxylic acids is 1. The Morgan fingerprint density at radius 3 is 2.30 bits per heavy atom. The molecule has 0 rings (SSSR count). The van der Waals surface area contributed by atoms with Gasteiger partial charge >= 0.3 is 5.97 Å². The highest BCUT2D eigenvalue weighted by Crippen LogP contribution is 2.17. The summed E-state index contributed by atoms with van der Waals surface area (Å²) in [7, 11) is 0. The molecule has 0 saturated carbocycles. The number of allylic oxidation sites excluding steroid dienone is 1. The van der Waals surface area contributed by atoms with Gasteiger partial charge in [-0.3, -0.25) is 4.79 Å². The number of carboxylic acid groups (broad SMARTS) is 1. The Labute approximate surface area is 61.6 Å². The van der Waals surface area contributed by atoms with E-state index in [2.05, 4.69) is 6.58 Å². The van der Waals surface area contributed by atoms with Crippen molar-refractivity contribution in [1.29, 1.82) is 0 Å². The molecule has 0 aromatic carbocycles. The molecular formula is C8H13O2. The van der Waals surface area contributed by atoms with Crippen molar-refractivity contribution in [3.05, 3.63) is 18.6 Å². The van der Waals surface area contributed by atoms with Gasteiger partial charge in [-0.2, -0.15) is 0 Å². The summed E-state index contributed by atoms with van der Waals surface area (Å²) >= 11 is 0. The first-order valence-corrected chi connectivity index (χ1v) is 3.23. The molecule has 0 aliphatic rings. The van der Waals surface area contributed by atoms with Gasteiger partial charge in [-0.15, -0.1) is 6.58 Å². The lowest BCUT2D eigenvalue weighted by Gasteiger charge is -2.12. The number of hydrogen-bond donors (Lipinski definition) is 1. The molecular weight excluding hydrogens is 128 g/mol. The number of carbonyl (C=O) groups is 1. The molecule has 0 aliphatic heterocycles. The van der Waals surface area contributed by atoms with Crippen LogP contribution in [0.2, 0.25) is 0 Å². The molecule has 10 heavy (non-hydrogen) atoms. The van der Waals surface area contributed by atoms with Crippen molar-refractivity contribution >= 4 is 5.97 Å². The molecule has 2 heteroatoms. The zero-order valence-electron chi connectivity index (χ0n) is 6.42. The molecule has 0 aliphatic carbocycles. The topological polar surface area (TPSA) is 37.3 Å². The van der Waals surface area contributed by atoms with Crippen LogP contribution in [0.15, 0.2) is 12.7 Å². The smallest absolute Gasteiger partial charge is 0.307 e. The maximum absolute atomic E-state index is 10.5. The fraction of sp³-hybridized carbons (Fsp3) is 0.500. The van der Waals surface area contributed by atoms with Gasteiger partial charge in [0.25, 0.3) is 0 Å². The van der Waals surface area contributed by atoms with Gasteiger partial charge < -0.3 is 5.11 Å². The van der Waals surface area contributed by atoms with Crippen molar-refractivity contribution in [2.24, 2.45) is 5.92 Å². The molecule has 0 amide bonds. The highest BCUT2D eigenvalue weighted by Gasteiger charge is 2.19. The van der Waals surface area contributed by atoms with Crippen molar-refractivity contribution in [1.82, 2.24) is 0 Å². The second-order valence-corrected chi connectivity index (χ2v) is 2.49. The Bertz CT molecular complexity index is 127. The van der Waals surface area contributed by atoms with Gasteiger partial charge in [0, 0.05) is 0 Å². The highest BCUT2D eigenvalue weighted by atomic mass is 16.4. The molecule has 0 bridgehead atoms. The lowest BCUT2D eigenvalue weighted by Crippen LogP contribution is -2.17. The van der Waals surface area contributed by atoms with E-state index >= 15 is 0 Å². The standard InChI is InChI=1S/C8H13O2/c1-4-5-7(6(2)3)8(9)10/h4,7H,1,5H2,2-3H3,(H,9,10). The minimum Gasteiger partial charge on any atom is -0.481 e. The molecule has 2 nitrogen and oxygen atoms in total. The van der Waals surface area contributed by atoms with Crippen molar-refractivity contribution < 1.29 is 9.90 Å². The molecule has 1 unspecified atom stereocenters. The first kappa shape index (κ1) is 9.21. The number of hydrogen-bond acceptors (Lipinski definition) is 1. The summed E-state index contributed by atoms with van der Waals surface area (Å²) in [6, 6.07) is 0. The normalized spacial score (nSPS) is 13.1. The van der Waals surface area contributed by atoms with Crippen molar-refractivity contribution in [3.63, 3.8) is 0 Å². The zero-order valence-corrected chi connectivity index (χ0v) is 6.42. The fourth-order valence-electron chi connectivity index (χ4n) is 0.750. The quantitative estimate of drug-likeness (QED) is 0.607. The Hall–Kier alpha value is -0.790. The van der Waals surface area contributed by atoms with Gasteiger partial charge in [-0.05, 0) is 12.3 Å². The molecule has 1 radical (unpaired) electrons. The molecule has 0 spiro atoms. The molecule has 0 aromatic heterocycles. The fourth-order valence-corrected chi connectivity index (χ4v) is 0.750. The van der Waals surface area contributed by atoms with E-state index in [4.69, 9.17) is 5.11 Å². The molecule has 1 N–H and O–H groups in total. The summed E-state index contributed by atoms with van der Waals surface area (Å²) in [5.74, 6) is -0.190. The summed E-state index contributed by atoms with van der Waals surface area (Å²) in [6.07, 6.45) is 2.16. The summed E-state index contributed by atoms with van der Waals surface area (Å²) in [5.41, 5.74) is 0. The van der Waals surface area contributed by atoms with Gasteiger partial charge in [0.1, 0.15) is 0 Å². The van der Waals surface area contributed by atoms with Gasteiger partial charge in [0.05, 0.1) is 5.92 Å². The minimum absolute atomic E-state index is 0.350. The lowest BCUT2D eigenvalue weighted by molar-refractivity contribution is -0.140. The van der Waals surface area contributed by atoms with Crippen LogP contribution in [-0.2, 0) is 4.79 Å². The van der Waals surface area contributed by atoms with E-state index in [-0.39, 0.29) is 5.92 Å². The molecule has 1 atom stereocenters. The van der Waals surface area contributed by atoms with Crippen LogP contribution in [0.3, 0.4) is 0 Å². The predicted molar refractivity (Wildman–Crippen MR) is 40.5 cm³/mol. The van der Waals surface area contributed by atoms with E-state index in [9.17, 15) is 4.79 Å². The van der Waals surface area contributed by atoms with Crippen LogP contribution in [-0.4, -0.2) is 11.1 Å². The Morgan fingerprint density at radius 2 is 2.20 bits per heavy atom. The average Bonchev–Trinajstić information content (AvgIpc) is 1.81. The Balaban J connectivity index is 3.97. The molecule has 0 saturated heterocycles. The van der Waals surface area contributed by atoms with Crippen molar-refractivity contribution in [2.75, 3.05) is 0 Å². The van der Waals surface area contributed by atoms with E-state index in [1.54, 1.807) is 6.08 Å². The van der Waals surface area contributed by atoms with Crippen LogP contribution in [0.25, 0.3) is 0 Å². The zero-order chi connectivity index (χ0) is 8.15. The second-order valence-electron chi connectivity index (χ2n) is 2.49. The van der Waals surface area contributed by atoms with Gasteiger partial charge in [0.15, 0.2) is 0 Å². The van der Waals surface area contributed by atoms with Crippen molar-refractivity contribution in [3.8, 4) is 0 Å². The van der Waals surface area contributed by atoms with Crippen LogP contribution < -0.4 is 0 Å². The van der Waals surface area contributed by atoms with Gasteiger partial charge in [0.2, 0.25) is 0 Å². The third kappa shape index (κ3) is 2.67. The van der Waals surface area contributed by atoms with Crippen LogP contribution in [0.1, 0.15) is 20.3 Å². The monoisotopic (exact) mass is 141 g/mol. The third-order valence-electron chi connectivity index (χ3n) is 1.40. The van der Waals surface area contributed by atoms with Crippen LogP contribution in [0.5, 0.6) is 0 Å². The first-order valence-electron chi connectivity index (χ1n) is 3.23. The van der Waals surface area contributed by atoms with E-state index in [0.717, 1.165) is 5.92 Å². The summed E-state index contributed by atoms with van der Waals surface area (Å²) in [6.45, 7) is 7.13. The highest BCUT2D eigenvalue weighted by molar-refractivity contribution is 5.72. The van der Waals surface area contributed by atoms with Crippen molar-refractivity contribution in [2.45, 2.75) is 20.3 Å². The van der Waals surface area contributed by atoms with Crippen LogP contribution in [0.4, 0.5) is 0 Å². The number of rotatable bonds is 4. The lowest BCUT2D eigenvalue weighted by atomic mass is 9.93. The SMILES string of the molecule is C=CCC([C](C)C)C(=O)O. The van der Waals surface area contributed by atoms with E-state index in [1.807, 2.05) is 13.8 Å². The maximum Gasteiger partial charge on any atom is 0.307 e. The van der Waals surface area contributed by atoms with Crippen LogP contribution >= 0.6 is 0 Å². The van der Waals surface area contributed by atoms with Crippen LogP contribution in [0, 0.1) is 11.8 Å². The van der Waals surface area contributed by atoms with E-state index in [0.29, 0.717) is 6.42 Å². The largest absolute Gasteiger partial charge is 0.481 e. The molecule has 0 heterocycles. The summed E-state index contributed by atoms with van der Waals surface area (Å²) in [4.78, 5) is 10.5. The van der Waals surface area contributed by atoms with Gasteiger partial charge in [-0.25, -0.2) is 0 Å². The molecule has 57 valence electrons. The van der Waals surface area contributed by atoms with Gasteiger partial charge in [-0.1, -0.05) is 19.9 Å². The van der Waals surface area contributed by atoms with E-state index in [1.165, 1.54) is 0 Å². The summed E-state index contributed by atoms with van der Waals surface area (Å²) < 4.78 is 0. The molecule has 0 aromatic rings. The Kier molecular flexibility index (Phi) is 3.77. The third-order valence-corrected chi connectivity index (χ3v) is 1.40. The Morgan fingerprint density at radius 1 is 1.70 bits per heavy atom. The minimum atomic E-state index is -0.764. The number of aliphatic carboxylic acids is 1. The summed E-state index contributed by atoms with van der Waals surface area (Å²) in [5, 5.41) is 8.61. The average molecular weight is 141 g/mol. The maximum atomic E-state index is 10.5.